The molecule has 132 valence electrons. The van der Waals surface area contributed by atoms with Crippen molar-refractivity contribution in [2.75, 3.05) is 18.0 Å². The summed E-state index contributed by atoms with van der Waals surface area (Å²) in [6.07, 6.45) is 3.89. The summed E-state index contributed by atoms with van der Waals surface area (Å²) in [7, 11) is 0. The minimum atomic E-state index is -1.01. The van der Waals surface area contributed by atoms with Gasteiger partial charge in [-0.3, -0.25) is 9.59 Å². The summed E-state index contributed by atoms with van der Waals surface area (Å²) in [6.45, 7) is 4.30. The maximum absolute atomic E-state index is 11.6. The number of carboxylic acid groups (broad SMARTS) is 1. The summed E-state index contributed by atoms with van der Waals surface area (Å²) in [6, 6.07) is 6.16. The van der Waals surface area contributed by atoms with Crippen LogP contribution in [0.25, 0.3) is 0 Å². The van der Waals surface area contributed by atoms with Gasteiger partial charge in [0.1, 0.15) is 5.25 Å². The molecule has 1 atom stereocenters. The van der Waals surface area contributed by atoms with Crippen LogP contribution in [0.5, 0.6) is 0 Å². The molecule has 8 heteroatoms. The number of rotatable bonds is 5. The zero-order chi connectivity index (χ0) is 17.8. The van der Waals surface area contributed by atoms with E-state index in [4.69, 9.17) is 5.11 Å². The Morgan fingerprint density at radius 2 is 2.20 bits per heavy atom. The summed E-state index contributed by atoms with van der Waals surface area (Å²) in [5.74, 6) is -1.35. The van der Waals surface area contributed by atoms with Crippen molar-refractivity contribution in [3.8, 4) is 0 Å². The lowest BCUT2D eigenvalue weighted by Gasteiger charge is -2.20. The van der Waals surface area contributed by atoms with Gasteiger partial charge in [0.15, 0.2) is 5.17 Å². The van der Waals surface area contributed by atoms with Gasteiger partial charge in [0.2, 0.25) is 5.91 Å². The van der Waals surface area contributed by atoms with Gasteiger partial charge in [0, 0.05) is 18.8 Å². The molecule has 7 nitrogen and oxygen atoms in total. The molecule has 0 aliphatic carbocycles. The van der Waals surface area contributed by atoms with Crippen molar-refractivity contribution in [1.29, 1.82) is 0 Å². The highest BCUT2D eigenvalue weighted by Crippen LogP contribution is 2.25. The Kier molecular flexibility index (Phi) is 5.37. The number of nitrogens with one attached hydrogen (secondary N) is 1. The number of nitrogens with zero attached hydrogens (tertiary/aromatic N) is 3. The van der Waals surface area contributed by atoms with E-state index in [1.54, 1.807) is 6.21 Å². The lowest BCUT2D eigenvalue weighted by molar-refractivity contribution is -0.138. The largest absolute Gasteiger partial charge is 0.481 e. The molecular weight excluding hydrogens is 340 g/mol. The Morgan fingerprint density at radius 1 is 1.44 bits per heavy atom. The van der Waals surface area contributed by atoms with E-state index in [1.165, 1.54) is 24.1 Å². The normalized spacial score (nSPS) is 22.1. The second kappa shape index (κ2) is 7.69. The van der Waals surface area contributed by atoms with E-state index in [0.29, 0.717) is 5.17 Å². The van der Waals surface area contributed by atoms with Crippen molar-refractivity contribution >= 4 is 40.7 Å². The van der Waals surface area contributed by atoms with E-state index in [2.05, 4.69) is 39.5 Å². The van der Waals surface area contributed by atoms with Gasteiger partial charge in [0.25, 0.3) is 0 Å². The van der Waals surface area contributed by atoms with Crippen LogP contribution in [0.4, 0.5) is 5.69 Å². The molecule has 2 aliphatic heterocycles. The van der Waals surface area contributed by atoms with E-state index in [-0.39, 0.29) is 12.3 Å². The van der Waals surface area contributed by atoms with Gasteiger partial charge >= 0.3 is 5.97 Å². The third-order valence-electron chi connectivity index (χ3n) is 4.16. The molecular formula is C17H20N4O3S. The zero-order valence-electron chi connectivity index (χ0n) is 13.9. The van der Waals surface area contributed by atoms with Crippen LogP contribution in [0.15, 0.2) is 28.4 Å². The Labute approximate surface area is 150 Å². The number of carbonyl (C=O) groups is 2. The number of hydrogen-bond acceptors (Lipinski definition) is 6. The van der Waals surface area contributed by atoms with Crippen molar-refractivity contribution in [3.05, 3.63) is 29.3 Å². The quantitative estimate of drug-likeness (QED) is 0.619. The average molecular weight is 360 g/mol. The first-order valence-electron chi connectivity index (χ1n) is 8.19. The molecule has 1 aromatic carbocycles. The minimum absolute atomic E-state index is 0.226. The Hall–Kier alpha value is -2.35. The highest BCUT2D eigenvalue weighted by atomic mass is 32.2. The average Bonchev–Trinajstić information content (AvgIpc) is 3.18. The number of anilines is 1. The fourth-order valence-corrected chi connectivity index (χ4v) is 3.88. The van der Waals surface area contributed by atoms with Crippen LogP contribution in [-0.4, -0.2) is 46.7 Å². The molecule has 1 amide bonds. The van der Waals surface area contributed by atoms with Gasteiger partial charge in [-0.2, -0.15) is 5.10 Å². The first-order valence-corrected chi connectivity index (χ1v) is 9.07. The van der Waals surface area contributed by atoms with Gasteiger partial charge in [-0.15, -0.1) is 5.10 Å². The van der Waals surface area contributed by atoms with Crippen LogP contribution in [0.1, 0.15) is 30.4 Å². The molecule has 1 aromatic rings. The number of hydrogen-bond donors (Lipinski definition) is 2. The van der Waals surface area contributed by atoms with Gasteiger partial charge in [-0.1, -0.05) is 17.8 Å². The lowest BCUT2D eigenvalue weighted by Crippen LogP contribution is -2.26. The van der Waals surface area contributed by atoms with E-state index in [0.717, 1.165) is 30.4 Å². The minimum Gasteiger partial charge on any atom is -0.481 e. The third kappa shape index (κ3) is 4.39. The number of carbonyl (C=O) groups excluding carboxylic acids is 1. The van der Waals surface area contributed by atoms with Crippen LogP contribution in [-0.2, 0) is 9.59 Å². The number of aryl methyl sites for hydroxylation is 1. The second-order valence-corrected chi connectivity index (χ2v) is 7.27. The topological polar surface area (TPSA) is 94.4 Å². The van der Waals surface area contributed by atoms with E-state index >= 15 is 0 Å². The molecule has 25 heavy (non-hydrogen) atoms. The Morgan fingerprint density at radius 3 is 2.88 bits per heavy atom. The molecule has 0 radical (unpaired) electrons. The van der Waals surface area contributed by atoms with Crippen LogP contribution in [0, 0.1) is 6.92 Å². The molecule has 2 fully saturated rings. The summed E-state index contributed by atoms with van der Waals surface area (Å²) in [4.78, 5) is 24.7. The molecule has 3 rings (SSSR count). The number of thioether (sulfide) groups is 1. The van der Waals surface area contributed by atoms with E-state index in [9.17, 15) is 9.59 Å². The van der Waals surface area contributed by atoms with Crippen LogP contribution in [0.3, 0.4) is 0 Å². The van der Waals surface area contributed by atoms with Crippen molar-refractivity contribution in [2.24, 2.45) is 10.2 Å². The predicted octanol–water partition coefficient (Wildman–Crippen LogP) is 1.99. The molecule has 2 saturated heterocycles. The van der Waals surface area contributed by atoms with Crippen molar-refractivity contribution < 1.29 is 14.7 Å². The Bertz CT molecular complexity index is 741. The molecule has 1 unspecified atom stereocenters. The fraction of sp³-hybridized carbons (Fsp3) is 0.412. The number of aliphatic carboxylic acids is 1. The smallest absolute Gasteiger partial charge is 0.305 e. The predicted molar refractivity (Wildman–Crippen MR) is 99.4 cm³/mol. The van der Waals surface area contributed by atoms with Gasteiger partial charge in [0.05, 0.1) is 12.6 Å². The molecule has 0 aromatic heterocycles. The first-order chi connectivity index (χ1) is 12.0. The lowest BCUT2D eigenvalue weighted by atomic mass is 10.1. The van der Waals surface area contributed by atoms with E-state index in [1.807, 2.05) is 6.07 Å². The molecule has 0 bridgehead atoms. The number of carboxylic acids is 1. The van der Waals surface area contributed by atoms with Gasteiger partial charge in [-0.25, -0.2) is 0 Å². The summed E-state index contributed by atoms with van der Waals surface area (Å²) in [5, 5.41) is 19.0. The number of benzene rings is 1. The Balaban J connectivity index is 1.63. The fourth-order valence-electron chi connectivity index (χ4n) is 2.96. The summed E-state index contributed by atoms with van der Waals surface area (Å²) >= 11 is 1.09. The van der Waals surface area contributed by atoms with E-state index < -0.39 is 11.2 Å². The molecule has 2 N–H and O–H groups in total. The zero-order valence-corrected chi connectivity index (χ0v) is 14.8. The number of amides is 1. The molecule has 0 saturated carbocycles. The van der Waals surface area contributed by atoms with Gasteiger partial charge in [-0.05, 0) is 43.0 Å². The molecule has 0 spiro atoms. The molecule has 2 aliphatic rings. The maximum Gasteiger partial charge on any atom is 0.305 e. The third-order valence-corrected chi connectivity index (χ3v) is 5.23. The summed E-state index contributed by atoms with van der Waals surface area (Å²) in [5.41, 5.74) is 3.39. The monoisotopic (exact) mass is 360 g/mol. The van der Waals surface area contributed by atoms with Crippen LogP contribution >= 0.6 is 11.8 Å². The van der Waals surface area contributed by atoms with Crippen molar-refractivity contribution in [1.82, 2.24) is 5.32 Å². The van der Waals surface area contributed by atoms with Gasteiger partial charge < -0.3 is 15.3 Å². The van der Waals surface area contributed by atoms with Crippen LogP contribution < -0.4 is 10.2 Å². The molecule has 2 heterocycles. The second-order valence-electron chi connectivity index (χ2n) is 6.08. The van der Waals surface area contributed by atoms with Crippen LogP contribution in [0.2, 0.25) is 0 Å². The van der Waals surface area contributed by atoms with Crippen molar-refractivity contribution in [2.45, 2.75) is 31.4 Å². The highest BCUT2D eigenvalue weighted by Gasteiger charge is 2.32. The SMILES string of the molecule is Cc1cc(C=NN=C2NC(=O)C(CC(=O)O)S2)ccc1N1CCCC1. The number of amidine groups is 1. The van der Waals surface area contributed by atoms with Crippen molar-refractivity contribution in [3.63, 3.8) is 0 Å². The maximum atomic E-state index is 11.6. The first kappa shape index (κ1) is 17.5. The summed E-state index contributed by atoms with van der Waals surface area (Å²) < 4.78 is 0. The highest BCUT2D eigenvalue weighted by molar-refractivity contribution is 8.15. The standard InChI is InChI=1S/C17H20N4O3S/c1-11-8-12(4-5-13(11)21-6-2-3-7-21)10-18-20-17-19-16(24)14(25-17)9-15(22)23/h4-5,8,10,14H,2-3,6-7,9H2,1H3,(H,22,23)(H,19,20,24).